The fourth-order valence-corrected chi connectivity index (χ4v) is 1.66. The Labute approximate surface area is 135 Å². The summed E-state index contributed by atoms with van der Waals surface area (Å²) in [6, 6.07) is 8.95. The van der Waals surface area contributed by atoms with Gasteiger partial charge in [-0.25, -0.2) is 4.79 Å². The molecule has 0 aliphatic carbocycles. The molecule has 1 aromatic heterocycles. The molecule has 0 bridgehead atoms. The van der Waals surface area contributed by atoms with Crippen molar-refractivity contribution >= 4 is 23.2 Å². The number of nitrogens with zero attached hydrogens (tertiary/aromatic N) is 5. The maximum atomic E-state index is 11.8. The molecule has 120 valence electrons. The first kappa shape index (κ1) is 16.4. The zero-order valence-electron chi connectivity index (χ0n) is 13.6. The first-order chi connectivity index (χ1) is 11.0. The second-order valence-electron chi connectivity index (χ2n) is 5.22. The summed E-state index contributed by atoms with van der Waals surface area (Å²) >= 11 is 0. The van der Waals surface area contributed by atoms with Gasteiger partial charge in [0.15, 0.2) is 5.75 Å². The van der Waals surface area contributed by atoms with E-state index in [2.05, 4.69) is 15.2 Å². The molecule has 7 heteroatoms. The Kier molecular flexibility index (Phi) is 5.24. The molecule has 0 unspecified atom stereocenters. The fourth-order valence-electron chi connectivity index (χ4n) is 1.66. The number of carbonyl (C=O) groups excluding carboxylic acids is 1. The minimum atomic E-state index is -0.473. The van der Waals surface area contributed by atoms with Gasteiger partial charge in [0.2, 0.25) is 0 Å². The molecule has 0 N–H and O–H groups in total. The van der Waals surface area contributed by atoms with Crippen LogP contribution in [0, 0.1) is 0 Å². The molecule has 2 rings (SSSR count). The van der Waals surface area contributed by atoms with Crippen molar-refractivity contribution in [1.82, 2.24) is 9.88 Å². The van der Waals surface area contributed by atoms with Gasteiger partial charge in [0, 0.05) is 46.1 Å². The van der Waals surface area contributed by atoms with Gasteiger partial charge in [0.05, 0.1) is 6.20 Å². The molecule has 1 amide bonds. The maximum absolute atomic E-state index is 11.8. The van der Waals surface area contributed by atoms with Crippen molar-refractivity contribution in [1.29, 1.82) is 0 Å². The molecule has 0 spiro atoms. The largest absolute Gasteiger partial charge is 0.414 e. The number of azo groups is 1. The van der Waals surface area contributed by atoms with Crippen molar-refractivity contribution in [3.8, 4) is 5.75 Å². The van der Waals surface area contributed by atoms with E-state index >= 15 is 0 Å². The molecule has 1 heterocycles. The van der Waals surface area contributed by atoms with Gasteiger partial charge < -0.3 is 14.5 Å². The van der Waals surface area contributed by atoms with E-state index in [0.717, 1.165) is 5.69 Å². The minimum absolute atomic E-state index is 0.350. The lowest BCUT2D eigenvalue weighted by molar-refractivity contribution is 0.172. The second-order valence-corrected chi connectivity index (χ2v) is 5.22. The number of hydrogen-bond acceptors (Lipinski definition) is 6. The molecular weight excluding hydrogens is 294 g/mol. The van der Waals surface area contributed by atoms with Crippen LogP contribution in [-0.4, -0.2) is 44.2 Å². The smallest absolute Gasteiger partial charge is 0.408 e. The number of hydrogen-bond donors (Lipinski definition) is 0. The highest BCUT2D eigenvalue weighted by Gasteiger charge is 2.12. The highest BCUT2D eigenvalue weighted by molar-refractivity contribution is 5.74. The Morgan fingerprint density at radius 2 is 1.91 bits per heavy atom. The predicted octanol–water partition coefficient (Wildman–Crippen LogP) is 3.62. The van der Waals surface area contributed by atoms with Crippen LogP contribution in [0.3, 0.4) is 0 Å². The lowest BCUT2D eigenvalue weighted by Crippen LogP contribution is -2.25. The van der Waals surface area contributed by atoms with Crippen LogP contribution in [0.4, 0.5) is 21.9 Å². The van der Waals surface area contributed by atoms with Gasteiger partial charge in [-0.05, 0) is 24.3 Å². The zero-order valence-corrected chi connectivity index (χ0v) is 13.6. The number of pyridine rings is 1. The summed E-state index contributed by atoms with van der Waals surface area (Å²) in [6.07, 6.45) is 2.79. The van der Waals surface area contributed by atoms with Crippen LogP contribution in [-0.2, 0) is 0 Å². The number of anilines is 1. The van der Waals surface area contributed by atoms with Gasteiger partial charge in [-0.2, -0.15) is 0 Å². The Morgan fingerprint density at radius 3 is 2.52 bits per heavy atom. The lowest BCUT2D eigenvalue weighted by atomic mass is 10.2. The third-order valence-corrected chi connectivity index (χ3v) is 2.94. The highest BCUT2D eigenvalue weighted by Crippen LogP contribution is 2.33. The van der Waals surface area contributed by atoms with Crippen molar-refractivity contribution in [2.24, 2.45) is 10.2 Å². The summed E-state index contributed by atoms with van der Waals surface area (Å²) in [5.41, 5.74) is 1.98. The van der Waals surface area contributed by atoms with E-state index < -0.39 is 6.09 Å². The van der Waals surface area contributed by atoms with Gasteiger partial charge in [-0.15, -0.1) is 10.2 Å². The lowest BCUT2D eigenvalue weighted by Gasteiger charge is -2.16. The Balaban J connectivity index is 2.33. The van der Waals surface area contributed by atoms with E-state index in [0.29, 0.717) is 17.1 Å². The first-order valence-electron chi connectivity index (χ1n) is 6.99. The summed E-state index contributed by atoms with van der Waals surface area (Å²) in [4.78, 5) is 19.1. The van der Waals surface area contributed by atoms with E-state index in [4.69, 9.17) is 4.74 Å². The number of aromatic nitrogens is 1. The summed E-state index contributed by atoms with van der Waals surface area (Å²) in [5.74, 6) is 0.350. The van der Waals surface area contributed by atoms with Crippen LogP contribution in [0.1, 0.15) is 0 Å². The molecule has 0 atom stereocenters. The van der Waals surface area contributed by atoms with E-state index in [1.165, 1.54) is 4.90 Å². The fraction of sp³-hybridized carbons (Fsp3) is 0.250. The van der Waals surface area contributed by atoms with Crippen LogP contribution in [0.5, 0.6) is 5.75 Å². The maximum Gasteiger partial charge on any atom is 0.414 e. The summed E-state index contributed by atoms with van der Waals surface area (Å²) < 4.78 is 5.38. The molecule has 7 nitrogen and oxygen atoms in total. The van der Waals surface area contributed by atoms with E-state index in [1.54, 1.807) is 50.8 Å². The quantitative estimate of drug-likeness (QED) is 0.808. The van der Waals surface area contributed by atoms with Crippen LogP contribution >= 0.6 is 0 Å². The van der Waals surface area contributed by atoms with Crippen molar-refractivity contribution in [2.45, 2.75) is 0 Å². The molecular formula is C16H19N5O2. The van der Waals surface area contributed by atoms with Gasteiger partial charge in [0.1, 0.15) is 11.4 Å². The number of ether oxygens (including phenoxy) is 1. The number of rotatable bonds is 4. The molecule has 0 fully saturated rings. The molecule has 0 saturated carbocycles. The topological polar surface area (TPSA) is 70.4 Å². The zero-order chi connectivity index (χ0) is 16.8. The van der Waals surface area contributed by atoms with E-state index in [9.17, 15) is 4.79 Å². The van der Waals surface area contributed by atoms with E-state index in [-0.39, 0.29) is 0 Å². The summed E-state index contributed by atoms with van der Waals surface area (Å²) in [5, 5.41) is 8.27. The van der Waals surface area contributed by atoms with Crippen molar-refractivity contribution in [3.05, 3.63) is 42.7 Å². The van der Waals surface area contributed by atoms with E-state index in [1.807, 2.05) is 25.1 Å². The standard InChI is InChI=1S/C16H19N5O2/c1-20(2)13-7-8-14(15(10-13)23-16(22)21(3)4)19-18-12-6-5-9-17-11-12/h5-11H,1-4H3. The monoisotopic (exact) mass is 313 g/mol. The predicted molar refractivity (Wildman–Crippen MR) is 88.9 cm³/mol. The summed E-state index contributed by atoms with van der Waals surface area (Å²) in [7, 11) is 7.05. The van der Waals surface area contributed by atoms with Crippen molar-refractivity contribution < 1.29 is 9.53 Å². The van der Waals surface area contributed by atoms with Crippen LogP contribution in [0.25, 0.3) is 0 Å². The molecule has 2 aromatic rings. The third-order valence-electron chi connectivity index (χ3n) is 2.94. The number of carbonyl (C=O) groups is 1. The molecule has 0 saturated heterocycles. The Morgan fingerprint density at radius 1 is 1.13 bits per heavy atom. The number of benzene rings is 1. The Hall–Kier alpha value is -2.96. The normalized spacial score (nSPS) is 10.6. The second kappa shape index (κ2) is 7.35. The van der Waals surface area contributed by atoms with Gasteiger partial charge in [0.25, 0.3) is 0 Å². The van der Waals surface area contributed by atoms with Gasteiger partial charge in [-0.3, -0.25) is 4.98 Å². The SMILES string of the molecule is CN(C)C(=O)Oc1cc(N(C)C)ccc1N=Nc1cccnc1. The highest BCUT2D eigenvalue weighted by atomic mass is 16.6. The molecule has 0 radical (unpaired) electrons. The van der Waals surface area contributed by atoms with Crippen molar-refractivity contribution in [3.63, 3.8) is 0 Å². The summed E-state index contributed by atoms with van der Waals surface area (Å²) in [6.45, 7) is 0. The number of amides is 1. The molecule has 0 aliphatic rings. The molecule has 23 heavy (non-hydrogen) atoms. The molecule has 1 aromatic carbocycles. The van der Waals surface area contributed by atoms with Gasteiger partial charge >= 0.3 is 6.09 Å². The van der Waals surface area contributed by atoms with Crippen LogP contribution in [0.15, 0.2) is 53.0 Å². The Bertz CT molecular complexity index is 699. The average molecular weight is 313 g/mol. The average Bonchev–Trinajstić information content (AvgIpc) is 2.54. The first-order valence-corrected chi connectivity index (χ1v) is 6.99. The van der Waals surface area contributed by atoms with Gasteiger partial charge in [-0.1, -0.05) is 0 Å². The third kappa shape index (κ3) is 4.50. The van der Waals surface area contributed by atoms with Crippen LogP contribution < -0.4 is 9.64 Å². The minimum Gasteiger partial charge on any atom is -0.408 e. The van der Waals surface area contributed by atoms with Crippen molar-refractivity contribution in [2.75, 3.05) is 33.1 Å². The molecule has 0 aliphatic heterocycles. The van der Waals surface area contributed by atoms with Crippen LogP contribution in [0.2, 0.25) is 0 Å².